The number of ether oxygens (including phenoxy) is 1. The van der Waals surface area contributed by atoms with Gasteiger partial charge in [-0.2, -0.15) is 5.26 Å². The Kier molecular flexibility index (Phi) is 4.73. The minimum absolute atomic E-state index is 0.124. The SMILES string of the molecule is C[C@@H](OC(=O)c1cccc(C#N)c1)C(=O)NC(=O)NC1CC1. The number of carbonyl (C=O) groups is 3. The summed E-state index contributed by atoms with van der Waals surface area (Å²) in [6.07, 6.45) is 0.686. The van der Waals surface area contributed by atoms with Gasteiger partial charge in [0.2, 0.25) is 0 Å². The monoisotopic (exact) mass is 301 g/mol. The molecule has 1 atom stereocenters. The molecule has 1 fully saturated rings. The second-order valence-corrected chi connectivity index (χ2v) is 4.98. The van der Waals surface area contributed by atoms with E-state index in [0.717, 1.165) is 12.8 Å². The van der Waals surface area contributed by atoms with Crippen molar-refractivity contribution in [2.45, 2.75) is 31.9 Å². The van der Waals surface area contributed by atoms with Gasteiger partial charge in [-0.15, -0.1) is 0 Å². The molecule has 114 valence electrons. The van der Waals surface area contributed by atoms with Crippen LogP contribution in [0.1, 0.15) is 35.7 Å². The number of imide groups is 1. The molecule has 1 aromatic rings. The van der Waals surface area contributed by atoms with Crippen molar-refractivity contribution in [2.24, 2.45) is 0 Å². The number of amides is 3. The van der Waals surface area contributed by atoms with Crippen LogP contribution in [0, 0.1) is 11.3 Å². The van der Waals surface area contributed by atoms with Gasteiger partial charge in [0.1, 0.15) is 0 Å². The molecule has 0 aromatic heterocycles. The van der Waals surface area contributed by atoms with Gasteiger partial charge in [0.05, 0.1) is 17.2 Å². The topological polar surface area (TPSA) is 108 Å². The highest BCUT2D eigenvalue weighted by molar-refractivity contribution is 5.98. The standard InChI is InChI=1S/C15H15N3O4/c1-9(13(19)18-15(21)17-12-5-6-12)22-14(20)11-4-2-3-10(7-11)8-16/h2-4,7,9,12H,5-6H2,1H3,(H2,17,18,19,21)/t9-/m1/s1. The molecule has 0 unspecified atom stereocenters. The maximum Gasteiger partial charge on any atom is 0.338 e. The maximum atomic E-state index is 11.9. The van der Waals surface area contributed by atoms with Crippen molar-refractivity contribution >= 4 is 17.9 Å². The summed E-state index contributed by atoms with van der Waals surface area (Å²) in [4.78, 5) is 35.1. The molecule has 0 spiro atoms. The summed E-state index contributed by atoms with van der Waals surface area (Å²) in [5.41, 5.74) is 0.483. The van der Waals surface area contributed by atoms with Crippen LogP contribution >= 0.6 is 0 Å². The molecule has 7 nitrogen and oxygen atoms in total. The fraction of sp³-hybridized carbons (Fsp3) is 0.333. The van der Waals surface area contributed by atoms with Crippen molar-refractivity contribution < 1.29 is 19.1 Å². The van der Waals surface area contributed by atoms with E-state index in [4.69, 9.17) is 10.00 Å². The van der Waals surface area contributed by atoms with Crippen molar-refractivity contribution in [3.8, 4) is 6.07 Å². The second-order valence-electron chi connectivity index (χ2n) is 4.98. The maximum absolute atomic E-state index is 11.9. The second kappa shape index (κ2) is 6.72. The lowest BCUT2D eigenvalue weighted by Crippen LogP contribution is -2.45. The number of hydrogen-bond acceptors (Lipinski definition) is 5. The van der Waals surface area contributed by atoms with E-state index >= 15 is 0 Å². The number of urea groups is 1. The third-order valence-electron chi connectivity index (χ3n) is 3.03. The Morgan fingerprint density at radius 1 is 1.36 bits per heavy atom. The van der Waals surface area contributed by atoms with Gasteiger partial charge in [-0.05, 0) is 38.0 Å². The minimum atomic E-state index is -1.12. The van der Waals surface area contributed by atoms with Gasteiger partial charge in [0.15, 0.2) is 6.10 Å². The van der Waals surface area contributed by atoms with Gasteiger partial charge in [0, 0.05) is 6.04 Å². The fourth-order valence-electron chi connectivity index (χ4n) is 1.66. The van der Waals surface area contributed by atoms with E-state index < -0.39 is 24.0 Å². The van der Waals surface area contributed by atoms with Crippen LogP contribution in [0.5, 0.6) is 0 Å². The number of nitrogens with zero attached hydrogens (tertiary/aromatic N) is 1. The van der Waals surface area contributed by atoms with Crippen LogP contribution < -0.4 is 10.6 Å². The highest BCUT2D eigenvalue weighted by atomic mass is 16.5. The van der Waals surface area contributed by atoms with E-state index in [2.05, 4.69) is 10.6 Å². The molecule has 0 aliphatic heterocycles. The van der Waals surface area contributed by atoms with Crippen molar-refractivity contribution in [2.75, 3.05) is 0 Å². The van der Waals surface area contributed by atoms with Crippen LogP contribution in [0.25, 0.3) is 0 Å². The molecule has 2 N–H and O–H groups in total. The van der Waals surface area contributed by atoms with E-state index in [0.29, 0.717) is 5.56 Å². The molecule has 0 saturated heterocycles. The molecule has 0 radical (unpaired) electrons. The first-order valence-corrected chi connectivity index (χ1v) is 6.82. The molecule has 0 heterocycles. The smallest absolute Gasteiger partial charge is 0.338 e. The lowest BCUT2D eigenvalue weighted by atomic mass is 10.1. The first kappa shape index (κ1) is 15.5. The van der Waals surface area contributed by atoms with Crippen LogP contribution in [-0.2, 0) is 9.53 Å². The molecule has 3 amide bonds. The van der Waals surface area contributed by atoms with Crippen molar-refractivity contribution in [3.63, 3.8) is 0 Å². The number of hydrogen-bond donors (Lipinski definition) is 2. The summed E-state index contributed by atoms with van der Waals surface area (Å²) < 4.78 is 4.98. The van der Waals surface area contributed by atoms with Crippen LogP contribution in [0.15, 0.2) is 24.3 Å². The number of nitriles is 1. The van der Waals surface area contributed by atoms with Gasteiger partial charge >= 0.3 is 12.0 Å². The largest absolute Gasteiger partial charge is 0.449 e. The van der Waals surface area contributed by atoms with Crippen molar-refractivity contribution in [1.29, 1.82) is 5.26 Å². The zero-order valence-corrected chi connectivity index (χ0v) is 12.0. The molecule has 22 heavy (non-hydrogen) atoms. The first-order valence-electron chi connectivity index (χ1n) is 6.82. The normalized spacial score (nSPS) is 14.4. The lowest BCUT2D eigenvalue weighted by Gasteiger charge is -2.13. The number of carbonyl (C=O) groups excluding carboxylic acids is 3. The van der Waals surface area contributed by atoms with E-state index in [1.165, 1.54) is 19.1 Å². The predicted octanol–water partition coefficient (Wildman–Crippen LogP) is 1.09. The minimum Gasteiger partial charge on any atom is -0.449 e. The number of esters is 1. The van der Waals surface area contributed by atoms with Gasteiger partial charge in [-0.25, -0.2) is 9.59 Å². The fourth-order valence-corrected chi connectivity index (χ4v) is 1.66. The van der Waals surface area contributed by atoms with Crippen LogP contribution in [0.4, 0.5) is 4.79 Å². The van der Waals surface area contributed by atoms with E-state index in [9.17, 15) is 14.4 Å². The van der Waals surface area contributed by atoms with Crippen molar-refractivity contribution in [1.82, 2.24) is 10.6 Å². The molecule has 1 aromatic carbocycles. The van der Waals surface area contributed by atoms with Gasteiger partial charge < -0.3 is 10.1 Å². The van der Waals surface area contributed by atoms with Gasteiger partial charge in [-0.3, -0.25) is 10.1 Å². The summed E-state index contributed by atoms with van der Waals surface area (Å²) in [5.74, 6) is -1.44. The van der Waals surface area contributed by atoms with E-state index in [1.807, 2.05) is 6.07 Å². The summed E-state index contributed by atoms with van der Waals surface area (Å²) in [5, 5.41) is 13.5. The average Bonchev–Trinajstić information content (AvgIpc) is 3.30. The Balaban J connectivity index is 1.88. The summed E-state index contributed by atoms with van der Waals surface area (Å²) in [6.45, 7) is 1.37. The number of rotatable bonds is 4. The van der Waals surface area contributed by atoms with Crippen LogP contribution in [0.2, 0.25) is 0 Å². The van der Waals surface area contributed by atoms with E-state index in [1.54, 1.807) is 12.1 Å². The molecule has 7 heteroatoms. The van der Waals surface area contributed by atoms with Crippen LogP contribution in [0.3, 0.4) is 0 Å². The quantitative estimate of drug-likeness (QED) is 0.809. The third-order valence-corrected chi connectivity index (χ3v) is 3.03. The van der Waals surface area contributed by atoms with Crippen LogP contribution in [-0.4, -0.2) is 30.1 Å². The molecule has 1 aliphatic rings. The Bertz CT molecular complexity index is 646. The average molecular weight is 301 g/mol. The molecular weight excluding hydrogens is 286 g/mol. The Morgan fingerprint density at radius 3 is 2.73 bits per heavy atom. The molecule has 0 bridgehead atoms. The summed E-state index contributed by atoms with van der Waals surface area (Å²) in [6, 6.07) is 7.38. The zero-order chi connectivity index (χ0) is 16.1. The molecular formula is C15H15N3O4. The molecule has 1 saturated carbocycles. The lowest BCUT2D eigenvalue weighted by molar-refractivity contribution is -0.127. The number of nitrogens with one attached hydrogen (secondary N) is 2. The zero-order valence-electron chi connectivity index (χ0n) is 12.0. The highest BCUT2D eigenvalue weighted by Crippen LogP contribution is 2.18. The Hall–Kier alpha value is -2.88. The van der Waals surface area contributed by atoms with Gasteiger partial charge in [0.25, 0.3) is 5.91 Å². The van der Waals surface area contributed by atoms with Crippen molar-refractivity contribution in [3.05, 3.63) is 35.4 Å². The molecule has 2 rings (SSSR count). The predicted molar refractivity (Wildman–Crippen MR) is 75.7 cm³/mol. The Labute approximate surface area is 127 Å². The van der Waals surface area contributed by atoms with Gasteiger partial charge in [-0.1, -0.05) is 6.07 Å². The third kappa shape index (κ3) is 4.31. The summed E-state index contributed by atoms with van der Waals surface area (Å²) >= 11 is 0. The highest BCUT2D eigenvalue weighted by Gasteiger charge is 2.26. The Morgan fingerprint density at radius 2 is 2.09 bits per heavy atom. The first-order chi connectivity index (χ1) is 10.5. The van der Waals surface area contributed by atoms with E-state index in [-0.39, 0.29) is 11.6 Å². The summed E-state index contributed by atoms with van der Waals surface area (Å²) in [7, 11) is 0. The number of benzene rings is 1. The molecule has 1 aliphatic carbocycles.